The van der Waals surface area contributed by atoms with Crippen molar-refractivity contribution < 1.29 is 4.39 Å². The Morgan fingerprint density at radius 1 is 1.25 bits per heavy atom. The number of rotatable bonds is 3. The molecular formula is C11H9BrFN3. The third-order valence-corrected chi connectivity index (χ3v) is 2.64. The van der Waals surface area contributed by atoms with Crippen molar-refractivity contribution in [1.29, 1.82) is 0 Å². The molecule has 1 aromatic heterocycles. The number of anilines is 1. The fourth-order valence-electron chi connectivity index (χ4n) is 1.23. The van der Waals surface area contributed by atoms with Crippen LogP contribution in [-0.4, -0.2) is 9.97 Å². The van der Waals surface area contributed by atoms with Crippen LogP contribution in [0.15, 0.2) is 41.4 Å². The number of aromatic nitrogens is 2. The minimum atomic E-state index is -0.270. The Morgan fingerprint density at radius 2 is 2.00 bits per heavy atom. The Kier molecular flexibility index (Phi) is 3.46. The van der Waals surface area contributed by atoms with Crippen molar-refractivity contribution in [2.75, 3.05) is 5.32 Å². The second kappa shape index (κ2) is 5.03. The van der Waals surface area contributed by atoms with Gasteiger partial charge in [-0.05, 0) is 34.1 Å². The molecule has 0 fully saturated rings. The lowest BCUT2D eigenvalue weighted by Crippen LogP contribution is -2.00. The van der Waals surface area contributed by atoms with Crippen LogP contribution in [0.5, 0.6) is 0 Å². The zero-order valence-electron chi connectivity index (χ0n) is 8.32. The van der Waals surface area contributed by atoms with Gasteiger partial charge in [-0.1, -0.05) is 0 Å². The molecule has 0 saturated heterocycles. The maximum Gasteiger partial charge on any atom is 0.137 e. The fourth-order valence-corrected chi connectivity index (χ4v) is 1.61. The molecule has 0 aliphatic carbocycles. The quantitative estimate of drug-likeness (QED) is 0.940. The van der Waals surface area contributed by atoms with Crippen LogP contribution in [0.2, 0.25) is 0 Å². The van der Waals surface area contributed by atoms with E-state index in [2.05, 4.69) is 31.2 Å². The Morgan fingerprint density at radius 3 is 2.69 bits per heavy atom. The van der Waals surface area contributed by atoms with Crippen molar-refractivity contribution in [3.63, 3.8) is 0 Å². The normalized spacial score (nSPS) is 10.1. The summed E-state index contributed by atoms with van der Waals surface area (Å²) < 4.78 is 13.4. The monoisotopic (exact) mass is 281 g/mol. The zero-order chi connectivity index (χ0) is 11.4. The highest BCUT2D eigenvalue weighted by atomic mass is 79.9. The van der Waals surface area contributed by atoms with Crippen LogP contribution >= 0.6 is 15.9 Å². The van der Waals surface area contributed by atoms with Crippen molar-refractivity contribution in [2.24, 2.45) is 0 Å². The van der Waals surface area contributed by atoms with E-state index >= 15 is 0 Å². The van der Waals surface area contributed by atoms with Gasteiger partial charge in [0.25, 0.3) is 0 Å². The first kappa shape index (κ1) is 11.0. The average Bonchev–Trinajstić information content (AvgIpc) is 2.32. The molecule has 1 aromatic carbocycles. The molecule has 16 heavy (non-hydrogen) atoms. The summed E-state index contributed by atoms with van der Waals surface area (Å²) in [6.45, 7) is 0.610. The van der Waals surface area contributed by atoms with Crippen molar-refractivity contribution >= 4 is 21.6 Å². The van der Waals surface area contributed by atoms with E-state index in [9.17, 15) is 4.39 Å². The minimum Gasteiger partial charge on any atom is -0.381 e. The van der Waals surface area contributed by atoms with Crippen LogP contribution in [0, 0.1) is 5.82 Å². The third-order valence-electron chi connectivity index (χ3n) is 2.03. The highest BCUT2D eigenvalue weighted by Gasteiger charge is 2.00. The molecule has 3 nitrogen and oxygen atoms in total. The molecule has 0 amide bonds. The zero-order valence-corrected chi connectivity index (χ0v) is 9.91. The van der Waals surface area contributed by atoms with Gasteiger partial charge in [-0.15, -0.1) is 0 Å². The molecular weight excluding hydrogens is 273 g/mol. The van der Waals surface area contributed by atoms with Gasteiger partial charge in [-0.25, -0.2) is 14.4 Å². The van der Waals surface area contributed by atoms with Gasteiger partial charge in [0.05, 0.1) is 4.47 Å². The molecule has 0 aliphatic rings. The summed E-state index contributed by atoms with van der Waals surface area (Å²) >= 11 is 3.13. The molecule has 2 rings (SSSR count). The molecule has 0 aliphatic heterocycles. The summed E-state index contributed by atoms with van der Waals surface area (Å²) in [7, 11) is 0. The SMILES string of the molecule is Fc1ccc(NCc2cncnc2)cc1Br. The molecule has 1 N–H and O–H groups in total. The van der Waals surface area contributed by atoms with Crippen molar-refractivity contribution in [3.8, 4) is 0 Å². The topological polar surface area (TPSA) is 37.8 Å². The lowest BCUT2D eigenvalue weighted by Gasteiger charge is -2.06. The van der Waals surface area contributed by atoms with Crippen LogP contribution in [0.1, 0.15) is 5.56 Å². The summed E-state index contributed by atoms with van der Waals surface area (Å²) in [5.41, 5.74) is 1.82. The Labute approximate surface area is 101 Å². The molecule has 0 bridgehead atoms. The van der Waals surface area contributed by atoms with E-state index in [-0.39, 0.29) is 5.82 Å². The molecule has 0 atom stereocenters. The van der Waals surface area contributed by atoms with E-state index in [1.807, 2.05) is 0 Å². The summed E-state index contributed by atoms with van der Waals surface area (Å²) in [6.07, 6.45) is 4.95. The summed E-state index contributed by atoms with van der Waals surface area (Å²) in [6, 6.07) is 4.79. The van der Waals surface area contributed by atoms with E-state index in [0.717, 1.165) is 11.3 Å². The summed E-state index contributed by atoms with van der Waals surface area (Å²) in [4.78, 5) is 7.82. The van der Waals surface area contributed by atoms with Gasteiger partial charge in [0.2, 0.25) is 0 Å². The Hall–Kier alpha value is -1.49. The van der Waals surface area contributed by atoms with Gasteiger partial charge in [-0.3, -0.25) is 0 Å². The van der Waals surface area contributed by atoms with Gasteiger partial charge >= 0.3 is 0 Å². The van der Waals surface area contributed by atoms with Gasteiger partial charge in [-0.2, -0.15) is 0 Å². The highest BCUT2D eigenvalue weighted by molar-refractivity contribution is 9.10. The number of hydrogen-bond acceptors (Lipinski definition) is 3. The first-order valence-corrected chi connectivity index (χ1v) is 5.48. The molecule has 2 aromatic rings. The van der Waals surface area contributed by atoms with Gasteiger partial charge in [0, 0.05) is 30.2 Å². The summed E-state index contributed by atoms with van der Waals surface area (Å²) in [5.74, 6) is -0.270. The first-order valence-electron chi connectivity index (χ1n) is 4.68. The molecule has 82 valence electrons. The first-order chi connectivity index (χ1) is 7.75. The van der Waals surface area contributed by atoms with Gasteiger partial charge in [0.15, 0.2) is 0 Å². The van der Waals surface area contributed by atoms with Crippen LogP contribution in [-0.2, 0) is 6.54 Å². The predicted molar refractivity (Wildman–Crippen MR) is 63.5 cm³/mol. The second-order valence-corrected chi connectivity index (χ2v) is 4.08. The molecule has 5 heteroatoms. The van der Waals surface area contributed by atoms with E-state index in [1.165, 1.54) is 12.4 Å². The number of hydrogen-bond donors (Lipinski definition) is 1. The second-order valence-electron chi connectivity index (χ2n) is 3.23. The molecule has 0 saturated carbocycles. The molecule has 1 heterocycles. The molecule has 0 spiro atoms. The van der Waals surface area contributed by atoms with Gasteiger partial charge < -0.3 is 5.32 Å². The van der Waals surface area contributed by atoms with E-state index in [4.69, 9.17) is 0 Å². The van der Waals surface area contributed by atoms with E-state index in [1.54, 1.807) is 24.5 Å². The number of benzene rings is 1. The third kappa shape index (κ3) is 2.76. The average molecular weight is 282 g/mol. The standard InChI is InChI=1S/C11H9BrFN3/c12-10-3-9(1-2-11(10)13)16-6-8-4-14-7-15-5-8/h1-5,7,16H,6H2. The van der Waals surface area contributed by atoms with Crippen LogP contribution < -0.4 is 5.32 Å². The predicted octanol–water partition coefficient (Wildman–Crippen LogP) is 2.99. The van der Waals surface area contributed by atoms with Crippen LogP contribution in [0.4, 0.5) is 10.1 Å². The molecule has 0 unspecified atom stereocenters. The minimum absolute atomic E-state index is 0.270. The lowest BCUT2D eigenvalue weighted by molar-refractivity contribution is 0.621. The Balaban J connectivity index is 2.03. The number of halogens is 2. The van der Waals surface area contributed by atoms with Gasteiger partial charge in [0.1, 0.15) is 12.1 Å². The van der Waals surface area contributed by atoms with Crippen molar-refractivity contribution in [3.05, 3.63) is 52.8 Å². The lowest BCUT2D eigenvalue weighted by atomic mass is 10.3. The fraction of sp³-hybridized carbons (Fsp3) is 0.0909. The van der Waals surface area contributed by atoms with Crippen molar-refractivity contribution in [2.45, 2.75) is 6.54 Å². The largest absolute Gasteiger partial charge is 0.381 e. The van der Waals surface area contributed by atoms with Crippen molar-refractivity contribution in [1.82, 2.24) is 9.97 Å². The van der Waals surface area contributed by atoms with E-state index in [0.29, 0.717) is 11.0 Å². The van der Waals surface area contributed by atoms with Crippen LogP contribution in [0.25, 0.3) is 0 Å². The smallest absolute Gasteiger partial charge is 0.137 e. The maximum atomic E-state index is 13.0. The molecule has 0 radical (unpaired) electrons. The summed E-state index contributed by atoms with van der Waals surface area (Å²) in [5, 5.41) is 3.15. The highest BCUT2D eigenvalue weighted by Crippen LogP contribution is 2.20. The van der Waals surface area contributed by atoms with E-state index < -0.39 is 0 Å². The number of nitrogens with one attached hydrogen (secondary N) is 1. The maximum absolute atomic E-state index is 13.0. The number of nitrogens with zero attached hydrogens (tertiary/aromatic N) is 2. The van der Waals surface area contributed by atoms with Crippen LogP contribution in [0.3, 0.4) is 0 Å². The Bertz CT molecular complexity index is 476.